The maximum atomic E-state index is 11.5. The average molecular weight is 268 g/mol. The number of carbonyl (C=O) groups excluding carboxylic acids is 1. The Kier molecular flexibility index (Phi) is 4.22. The normalized spacial score (nSPS) is 23.7. The topological polar surface area (TPSA) is 51.2 Å². The minimum absolute atomic E-state index is 0.353. The van der Waals surface area contributed by atoms with E-state index in [9.17, 15) is 4.79 Å². The number of aryl methyl sites for hydroxylation is 1. The first-order chi connectivity index (χ1) is 8.60. The number of hydrogen-bond acceptors (Lipinski definition) is 5. The Morgan fingerprint density at radius 1 is 1.50 bits per heavy atom. The zero-order valence-corrected chi connectivity index (χ0v) is 12.0. The van der Waals surface area contributed by atoms with Crippen LogP contribution in [0.2, 0.25) is 0 Å². The van der Waals surface area contributed by atoms with Crippen LogP contribution in [0.4, 0.5) is 5.13 Å². The summed E-state index contributed by atoms with van der Waals surface area (Å²) in [7, 11) is 1.39. The molecule has 0 saturated heterocycles. The Bertz CT molecular complexity index is 431. The minimum Gasteiger partial charge on any atom is -0.464 e. The van der Waals surface area contributed by atoms with Gasteiger partial charge in [-0.1, -0.05) is 19.8 Å². The number of ether oxygens (including phenoxy) is 1. The van der Waals surface area contributed by atoms with E-state index in [1.165, 1.54) is 44.1 Å². The molecule has 5 heteroatoms. The molecule has 0 aliphatic heterocycles. The molecule has 4 nitrogen and oxygen atoms in total. The van der Waals surface area contributed by atoms with Gasteiger partial charge < -0.3 is 10.1 Å². The van der Waals surface area contributed by atoms with Crippen LogP contribution in [0.5, 0.6) is 0 Å². The van der Waals surface area contributed by atoms with Gasteiger partial charge in [0.2, 0.25) is 0 Å². The molecule has 0 spiro atoms. The molecule has 1 fully saturated rings. The molecule has 100 valence electrons. The lowest BCUT2D eigenvalue weighted by atomic mass is 9.87. The Morgan fingerprint density at radius 2 is 2.28 bits per heavy atom. The van der Waals surface area contributed by atoms with Gasteiger partial charge in [0.25, 0.3) is 0 Å². The molecule has 0 radical (unpaired) electrons. The number of carbonyl (C=O) groups is 1. The molecule has 0 aromatic carbocycles. The van der Waals surface area contributed by atoms with Crippen molar-refractivity contribution < 1.29 is 9.53 Å². The number of thiazole rings is 1. The maximum absolute atomic E-state index is 11.5. The molecule has 0 amide bonds. The van der Waals surface area contributed by atoms with Crippen molar-refractivity contribution in [2.24, 2.45) is 5.92 Å². The van der Waals surface area contributed by atoms with E-state index in [4.69, 9.17) is 4.74 Å². The van der Waals surface area contributed by atoms with Crippen LogP contribution in [-0.4, -0.2) is 24.1 Å². The first-order valence-electron chi connectivity index (χ1n) is 6.42. The summed E-state index contributed by atoms with van der Waals surface area (Å²) >= 11 is 1.53. The average Bonchev–Trinajstić information content (AvgIpc) is 2.69. The number of methoxy groups -OCH3 is 1. The Hall–Kier alpha value is -1.10. The fourth-order valence-corrected chi connectivity index (χ4v) is 3.36. The first-order valence-corrected chi connectivity index (χ1v) is 7.24. The number of rotatable bonds is 3. The van der Waals surface area contributed by atoms with Crippen LogP contribution in [-0.2, 0) is 4.74 Å². The summed E-state index contributed by atoms with van der Waals surface area (Å²) in [4.78, 5) is 16.7. The summed E-state index contributed by atoms with van der Waals surface area (Å²) in [5.41, 5.74) is 0.439. The lowest BCUT2D eigenvalue weighted by molar-refractivity contribution is 0.0594. The van der Waals surface area contributed by atoms with E-state index >= 15 is 0 Å². The minimum atomic E-state index is -0.353. The quantitative estimate of drug-likeness (QED) is 0.855. The van der Waals surface area contributed by atoms with Gasteiger partial charge >= 0.3 is 5.97 Å². The van der Waals surface area contributed by atoms with Gasteiger partial charge in [0, 0.05) is 10.9 Å². The number of nitrogens with zero attached hydrogens (tertiary/aromatic N) is 1. The van der Waals surface area contributed by atoms with E-state index in [1.807, 2.05) is 6.92 Å². The summed E-state index contributed by atoms with van der Waals surface area (Å²) in [5.74, 6) is 0.422. The van der Waals surface area contributed by atoms with Gasteiger partial charge in [-0.25, -0.2) is 9.78 Å². The maximum Gasteiger partial charge on any atom is 0.357 e. The second kappa shape index (κ2) is 5.69. The molecule has 1 heterocycles. The number of hydrogen-bond donors (Lipinski definition) is 1. The van der Waals surface area contributed by atoms with Gasteiger partial charge in [-0.2, -0.15) is 0 Å². The van der Waals surface area contributed by atoms with Crippen LogP contribution in [0, 0.1) is 12.8 Å². The Labute approximate surface area is 112 Å². The van der Waals surface area contributed by atoms with E-state index < -0.39 is 0 Å². The van der Waals surface area contributed by atoms with Crippen molar-refractivity contribution >= 4 is 22.4 Å². The summed E-state index contributed by atoms with van der Waals surface area (Å²) in [5, 5.41) is 4.29. The van der Waals surface area contributed by atoms with Crippen molar-refractivity contribution in [3.63, 3.8) is 0 Å². The van der Waals surface area contributed by atoms with Crippen LogP contribution < -0.4 is 5.32 Å². The zero-order chi connectivity index (χ0) is 13.1. The molecule has 2 rings (SSSR count). The summed E-state index contributed by atoms with van der Waals surface area (Å²) in [6.45, 7) is 4.19. The molecule has 1 aliphatic carbocycles. The van der Waals surface area contributed by atoms with Crippen molar-refractivity contribution in [1.29, 1.82) is 0 Å². The van der Waals surface area contributed by atoms with E-state index in [-0.39, 0.29) is 5.97 Å². The molecular weight excluding hydrogens is 248 g/mol. The van der Waals surface area contributed by atoms with Crippen LogP contribution in [0.1, 0.15) is 48.0 Å². The van der Waals surface area contributed by atoms with Crippen LogP contribution >= 0.6 is 11.3 Å². The third kappa shape index (κ3) is 3.02. The Morgan fingerprint density at radius 3 is 2.94 bits per heavy atom. The highest BCUT2D eigenvalue weighted by Crippen LogP contribution is 2.29. The second-order valence-electron chi connectivity index (χ2n) is 5.03. The molecule has 2 atom stereocenters. The fourth-order valence-electron chi connectivity index (χ4n) is 2.48. The van der Waals surface area contributed by atoms with E-state index in [0.717, 1.165) is 15.9 Å². The highest BCUT2D eigenvalue weighted by Gasteiger charge is 2.21. The van der Waals surface area contributed by atoms with Gasteiger partial charge in [-0.3, -0.25) is 0 Å². The standard InChI is InChI=1S/C13H20N2O2S/c1-8-5-4-6-10(7-8)14-13-15-11(9(2)18-13)12(16)17-3/h8,10H,4-7H2,1-3H3,(H,14,15). The predicted octanol–water partition coefficient (Wildman–Crippen LogP) is 3.23. The fraction of sp³-hybridized carbons (Fsp3) is 0.692. The first kappa shape index (κ1) is 13.3. The van der Waals surface area contributed by atoms with Crippen molar-refractivity contribution in [2.75, 3.05) is 12.4 Å². The number of nitrogens with one attached hydrogen (secondary N) is 1. The van der Waals surface area contributed by atoms with Gasteiger partial charge in [-0.15, -0.1) is 11.3 Å². The van der Waals surface area contributed by atoms with E-state index in [1.54, 1.807) is 0 Å². The molecule has 1 aromatic heterocycles. The number of esters is 1. The molecule has 0 bridgehead atoms. The predicted molar refractivity (Wildman–Crippen MR) is 73.2 cm³/mol. The summed E-state index contributed by atoms with van der Waals surface area (Å²) in [6.07, 6.45) is 4.97. The molecule has 1 aromatic rings. The summed E-state index contributed by atoms with van der Waals surface area (Å²) < 4.78 is 4.71. The molecule has 2 unspecified atom stereocenters. The third-order valence-corrected chi connectivity index (χ3v) is 4.34. The van der Waals surface area contributed by atoms with Gasteiger partial charge in [0.1, 0.15) is 0 Å². The van der Waals surface area contributed by atoms with Crippen LogP contribution in [0.25, 0.3) is 0 Å². The van der Waals surface area contributed by atoms with Gasteiger partial charge in [0.15, 0.2) is 10.8 Å². The molecule has 1 N–H and O–H groups in total. The number of anilines is 1. The highest BCUT2D eigenvalue weighted by molar-refractivity contribution is 7.15. The van der Waals surface area contributed by atoms with Crippen molar-refractivity contribution in [2.45, 2.75) is 45.6 Å². The van der Waals surface area contributed by atoms with Gasteiger partial charge in [-0.05, 0) is 25.7 Å². The van der Waals surface area contributed by atoms with Crippen LogP contribution in [0.15, 0.2) is 0 Å². The second-order valence-corrected chi connectivity index (χ2v) is 6.23. The Balaban J connectivity index is 2.03. The van der Waals surface area contributed by atoms with E-state index in [0.29, 0.717) is 11.7 Å². The zero-order valence-electron chi connectivity index (χ0n) is 11.2. The van der Waals surface area contributed by atoms with Crippen molar-refractivity contribution in [3.8, 4) is 0 Å². The smallest absolute Gasteiger partial charge is 0.357 e. The summed E-state index contributed by atoms with van der Waals surface area (Å²) in [6, 6.07) is 0.491. The van der Waals surface area contributed by atoms with E-state index in [2.05, 4.69) is 17.2 Å². The molecular formula is C13H20N2O2S. The monoisotopic (exact) mass is 268 g/mol. The SMILES string of the molecule is COC(=O)c1nc(NC2CCCC(C)C2)sc1C. The molecule has 18 heavy (non-hydrogen) atoms. The molecule has 1 saturated carbocycles. The lowest BCUT2D eigenvalue weighted by Crippen LogP contribution is -2.26. The highest BCUT2D eigenvalue weighted by atomic mass is 32.1. The van der Waals surface area contributed by atoms with Gasteiger partial charge in [0.05, 0.1) is 7.11 Å². The van der Waals surface area contributed by atoms with Crippen molar-refractivity contribution in [3.05, 3.63) is 10.6 Å². The third-order valence-electron chi connectivity index (χ3n) is 3.44. The van der Waals surface area contributed by atoms with Crippen molar-refractivity contribution in [1.82, 2.24) is 4.98 Å². The van der Waals surface area contributed by atoms with Crippen LogP contribution in [0.3, 0.4) is 0 Å². The number of aromatic nitrogens is 1. The largest absolute Gasteiger partial charge is 0.464 e. The lowest BCUT2D eigenvalue weighted by Gasteiger charge is -2.27. The molecule has 1 aliphatic rings.